The molecule has 1 aliphatic heterocycles. The predicted octanol–water partition coefficient (Wildman–Crippen LogP) is 2.45. The summed E-state index contributed by atoms with van der Waals surface area (Å²) in [6.45, 7) is 0.230. The number of amides is 3. The maximum atomic E-state index is 14.5. The Morgan fingerprint density at radius 3 is 2.79 bits per heavy atom. The summed E-state index contributed by atoms with van der Waals surface area (Å²) in [7, 11) is 1.45. The molecule has 1 saturated carbocycles. The molecule has 2 fully saturated rings. The highest BCUT2D eigenvalue weighted by atomic mass is 35.5. The Bertz CT molecular complexity index is 966. The van der Waals surface area contributed by atoms with E-state index in [4.69, 9.17) is 16.3 Å². The first kappa shape index (κ1) is 19.4. The molecule has 2 heterocycles. The minimum atomic E-state index is -0.888. The topological polar surface area (TPSA) is 92.4 Å². The molecule has 9 heteroatoms. The molecule has 1 aliphatic carbocycles. The second kappa shape index (κ2) is 7.51. The zero-order valence-electron chi connectivity index (χ0n) is 15.7. The molecule has 1 aromatic carbocycles. The SMILES string of the molecule is COc1ccc(C2CNC(=O)[C@H]2NC(=O)NC2(c3cccc(Cl)n3)CC2)c(F)c1. The van der Waals surface area contributed by atoms with Gasteiger partial charge in [-0.25, -0.2) is 14.2 Å². The number of ether oxygens (including phenoxy) is 1. The summed E-state index contributed by atoms with van der Waals surface area (Å²) in [5.74, 6) is -0.986. The maximum absolute atomic E-state index is 14.5. The van der Waals surface area contributed by atoms with Gasteiger partial charge in [0.1, 0.15) is 22.8 Å². The van der Waals surface area contributed by atoms with E-state index in [1.165, 1.54) is 13.2 Å². The molecule has 152 valence electrons. The Kier molecular flexibility index (Phi) is 5.04. The molecule has 0 bridgehead atoms. The van der Waals surface area contributed by atoms with E-state index in [2.05, 4.69) is 20.9 Å². The average Bonchev–Trinajstić information content (AvgIpc) is 3.40. The van der Waals surface area contributed by atoms with E-state index in [0.717, 1.165) is 12.8 Å². The Morgan fingerprint density at radius 2 is 2.14 bits per heavy atom. The fourth-order valence-corrected chi connectivity index (χ4v) is 3.82. The summed E-state index contributed by atoms with van der Waals surface area (Å²) < 4.78 is 19.5. The second-order valence-electron chi connectivity index (χ2n) is 7.24. The fraction of sp³-hybridized carbons (Fsp3) is 0.350. The highest BCUT2D eigenvalue weighted by Crippen LogP contribution is 2.44. The first-order chi connectivity index (χ1) is 13.9. The van der Waals surface area contributed by atoms with Crippen LogP contribution in [0.25, 0.3) is 0 Å². The molecular formula is C20H20ClFN4O3. The van der Waals surface area contributed by atoms with Crippen molar-refractivity contribution >= 4 is 23.5 Å². The number of halogens is 2. The van der Waals surface area contributed by atoms with Crippen LogP contribution >= 0.6 is 11.6 Å². The summed E-state index contributed by atoms with van der Waals surface area (Å²) >= 11 is 5.96. The summed E-state index contributed by atoms with van der Waals surface area (Å²) in [4.78, 5) is 29.2. The van der Waals surface area contributed by atoms with Gasteiger partial charge in [-0.1, -0.05) is 23.7 Å². The molecule has 2 atom stereocenters. The third kappa shape index (κ3) is 3.85. The number of nitrogens with zero attached hydrogens (tertiary/aromatic N) is 1. The van der Waals surface area contributed by atoms with E-state index in [-0.39, 0.29) is 12.5 Å². The predicted molar refractivity (Wildman–Crippen MR) is 104 cm³/mol. The van der Waals surface area contributed by atoms with Crippen LogP contribution in [0.2, 0.25) is 5.15 Å². The van der Waals surface area contributed by atoms with E-state index in [9.17, 15) is 14.0 Å². The molecule has 3 N–H and O–H groups in total. The number of pyridine rings is 1. The molecule has 4 rings (SSSR count). The van der Waals surface area contributed by atoms with Gasteiger partial charge >= 0.3 is 6.03 Å². The lowest BCUT2D eigenvalue weighted by molar-refractivity contribution is -0.120. The van der Waals surface area contributed by atoms with Crippen molar-refractivity contribution in [2.24, 2.45) is 0 Å². The number of benzene rings is 1. The lowest BCUT2D eigenvalue weighted by Crippen LogP contribution is -2.50. The number of hydrogen-bond donors (Lipinski definition) is 3. The number of carbonyl (C=O) groups excluding carboxylic acids is 2. The number of methoxy groups -OCH3 is 1. The van der Waals surface area contributed by atoms with Gasteiger partial charge in [0.15, 0.2) is 0 Å². The zero-order chi connectivity index (χ0) is 20.6. The average molecular weight is 419 g/mol. The molecule has 1 aromatic heterocycles. The van der Waals surface area contributed by atoms with Gasteiger partial charge in [-0.15, -0.1) is 0 Å². The molecule has 1 unspecified atom stereocenters. The van der Waals surface area contributed by atoms with Crippen LogP contribution in [0.15, 0.2) is 36.4 Å². The molecule has 7 nitrogen and oxygen atoms in total. The largest absolute Gasteiger partial charge is 0.497 e. The van der Waals surface area contributed by atoms with Gasteiger partial charge < -0.3 is 20.7 Å². The highest BCUT2D eigenvalue weighted by Gasteiger charge is 2.48. The molecule has 2 aliphatic rings. The van der Waals surface area contributed by atoms with Crippen molar-refractivity contribution in [2.45, 2.75) is 30.3 Å². The van der Waals surface area contributed by atoms with Crippen LogP contribution in [-0.2, 0) is 10.3 Å². The van der Waals surface area contributed by atoms with Crippen LogP contribution < -0.4 is 20.7 Å². The van der Waals surface area contributed by atoms with Crippen molar-refractivity contribution < 1.29 is 18.7 Å². The monoisotopic (exact) mass is 418 g/mol. The Labute approximate surface area is 172 Å². The van der Waals surface area contributed by atoms with Gasteiger partial charge in [-0.3, -0.25) is 4.79 Å². The molecule has 1 saturated heterocycles. The number of urea groups is 1. The highest BCUT2D eigenvalue weighted by molar-refractivity contribution is 6.29. The molecule has 29 heavy (non-hydrogen) atoms. The summed E-state index contributed by atoms with van der Waals surface area (Å²) in [6, 6.07) is 8.31. The number of rotatable bonds is 5. The smallest absolute Gasteiger partial charge is 0.316 e. The van der Waals surface area contributed by atoms with E-state index in [1.807, 2.05) is 0 Å². The molecule has 3 amide bonds. The normalized spacial score (nSPS) is 22.0. The Morgan fingerprint density at radius 1 is 1.34 bits per heavy atom. The van der Waals surface area contributed by atoms with Crippen molar-refractivity contribution in [3.05, 3.63) is 58.6 Å². The van der Waals surface area contributed by atoms with Crippen molar-refractivity contribution in [1.82, 2.24) is 20.9 Å². The van der Waals surface area contributed by atoms with Gasteiger partial charge in [-0.05, 0) is 36.6 Å². The van der Waals surface area contributed by atoms with Crippen molar-refractivity contribution in [3.8, 4) is 5.75 Å². The quantitative estimate of drug-likeness (QED) is 0.650. The number of carbonyl (C=O) groups is 2. The first-order valence-corrected chi connectivity index (χ1v) is 9.62. The van der Waals surface area contributed by atoms with Crippen molar-refractivity contribution in [1.29, 1.82) is 0 Å². The maximum Gasteiger partial charge on any atom is 0.316 e. The zero-order valence-corrected chi connectivity index (χ0v) is 16.4. The standard InChI is InChI=1S/C20H20ClFN4O3/c1-29-11-5-6-12(14(22)9-11)13-10-23-18(27)17(13)25-19(28)26-20(7-8-20)15-3-2-4-16(21)24-15/h2-6,9,13,17H,7-8,10H2,1H3,(H,23,27)(H2,25,26,28)/t13?,17-/m0/s1. The molecule has 0 radical (unpaired) electrons. The summed E-state index contributed by atoms with van der Waals surface area (Å²) in [6.07, 6.45) is 1.45. The van der Waals surface area contributed by atoms with Crippen LogP contribution in [0.1, 0.15) is 30.0 Å². The first-order valence-electron chi connectivity index (χ1n) is 9.25. The van der Waals surface area contributed by atoms with Gasteiger partial charge in [0, 0.05) is 18.5 Å². The van der Waals surface area contributed by atoms with E-state index >= 15 is 0 Å². The minimum absolute atomic E-state index is 0.230. The van der Waals surface area contributed by atoms with Crippen LogP contribution in [0.3, 0.4) is 0 Å². The number of nitrogens with one attached hydrogen (secondary N) is 3. The lowest BCUT2D eigenvalue weighted by Gasteiger charge is -2.22. The third-order valence-electron chi connectivity index (χ3n) is 5.38. The Balaban J connectivity index is 1.49. The fourth-order valence-electron chi connectivity index (χ4n) is 3.65. The van der Waals surface area contributed by atoms with E-state index in [1.54, 1.807) is 30.3 Å². The van der Waals surface area contributed by atoms with Crippen LogP contribution in [0.4, 0.5) is 9.18 Å². The van der Waals surface area contributed by atoms with Crippen LogP contribution in [0, 0.1) is 5.82 Å². The number of aromatic nitrogens is 1. The summed E-state index contributed by atoms with van der Waals surface area (Å²) in [5.41, 5.74) is 0.422. The van der Waals surface area contributed by atoms with Crippen molar-refractivity contribution in [2.75, 3.05) is 13.7 Å². The second-order valence-corrected chi connectivity index (χ2v) is 7.63. The molecule has 0 spiro atoms. The van der Waals surface area contributed by atoms with E-state index in [0.29, 0.717) is 22.2 Å². The van der Waals surface area contributed by atoms with Gasteiger partial charge in [0.25, 0.3) is 0 Å². The molecule has 2 aromatic rings. The van der Waals surface area contributed by atoms with E-state index < -0.39 is 29.3 Å². The number of hydrogen-bond acceptors (Lipinski definition) is 4. The van der Waals surface area contributed by atoms with Crippen LogP contribution in [-0.4, -0.2) is 36.6 Å². The van der Waals surface area contributed by atoms with Gasteiger partial charge in [0.2, 0.25) is 5.91 Å². The minimum Gasteiger partial charge on any atom is -0.497 e. The van der Waals surface area contributed by atoms with Crippen LogP contribution in [0.5, 0.6) is 5.75 Å². The molecular weight excluding hydrogens is 399 g/mol. The van der Waals surface area contributed by atoms with Gasteiger partial charge in [-0.2, -0.15) is 0 Å². The lowest BCUT2D eigenvalue weighted by atomic mass is 9.93. The summed E-state index contributed by atoms with van der Waals surface area (Å²) in [5, 5.41) is 8.63. The van der Waals surface area contributed by atoms with Crippen molar-refractivity contribution in [3.63, 3.8) is 0 Å². The van der Waals surface area contributed by atoms with Gasteiger partial charge in [0.05, 0.1) is 18.3 Å². The third-order valence-corrected chi connectivity index (χ3v) is 5.59. The Hall–Kier alpha value is -2.87.